The average Bonchev–Trinajstić information content (AvgIpc) is 2.12. The number of nitrogens with one attached hydrogen (secondary N) is 1. The Morgan fingerprint density at radius 2 is 2.20 bits per heavy atom. The van der Waals surface area contributed by atoms with E-state index in [9.17, 15) is 0 Å². The van der Waals surface area contributed by atoms with Crippen molar-refractivity contribution in [2.24, 2.45) is 5.41 Å². The third-order valence-corrected chi connectivity index (χ3v) is 1.63. The quantitative estimate of drug-likeness (QED) is 0.598. The van der Waals surface area contributed by atoms with Crippen LogP contribution >= 0.6 is 0 Å². The molecule has 0 radical (unpaired) electrons. The van der Waals surface area contributed by atoms with E-state index in [0.29, 0.717) is 11.5 Å². The molecule has 1 aliphatic heterocycles. The third kappa shape index (κ3) is 2.67. The van der Waals surface area contributed by atoms with Crippen molar-refractivity contribution >= 4 is 0 Å². The van der Waals surface area contributed by atoms with Crippen LogP contribution in [-0.4, -0.2) is 19.4 Å². The van der Waals surface area contributed by atoms with Gasteiger partial charge in [-0.15, -0.1) is 0 Å². The van der Waals surface area contributed by atoms with Gasteiger partial charge in [0.1, 0.15) is 0 Å². The van der Waals surface area contributed by atoms with E-state index in [1.54, 1.807) is 0 Å². The van der Waals surface area contributed by atoms with Crippen LogP contribution in [0.25, 0.3) is 0 Å². The Labute approximate surface area is 63.0 Å². The summed E-state index contributed by atoms with van der Waals surface area (Å²) in [5, 5.41) is 3.17. The van der Waals surface area contributed by atoms with Crippen LogP contribution in [0.1, 0.15) is 27.2 Å². The third-order valence-electron chi connectivity index (χ3n) is 1.63. The molecule has 10 heavy (non-hydrogen) atoms. The maximum Gasteiger partial charge on any atom is 0.0970 e. The Balaban J connectivity index is 2.24. The van der Waals surface area contributed by atoms with Crippen molar-refractivity contribution in [3.8, 4) is 0 Å². The van der Waals surface area contributed by atoms with Gasteiger partial charge in [-0.1, -0.05) is 20.8 Å². The van der Waals surface area contributed by atoms with Crippen LogP contribution in [0.4, 0.5) is 0 Å². The minimum atomic E-state index is 0.399. The average molecular weight is 143 g/mol. The lowest BCUT2D eigenvalue weighted by Gasteiger charge is -2.21. The molecular formula is C8H17NO. The van der Waals surface area contributed by atoms with E-state index in [2.05, 4.69) is 26.1 Å². The van der Waals surface area contributed by atoms with Gasteiger partial charge in [-0.05, 0) is 11.8 Å². The van der Waals surface area contributed by atoms with Gasteiger partial charge in [0, 0.05) is 6.54 Å². The van der Waals surface area contributed by atoms with E-state index < -0.39 is 0 Å². The smallest absolute Gasteiger partial charge is 0.0970 e. The van der Waals surface area contributed by atoms with Crippen LogP contribution in [0.5, 0.6) is 0 Å². The summed E-state index contributed by atoms with van der Waals surface area (Å²) >= 11 is 0. The molecule has 2 heteroatoms. The molecule has 1 N–H and O–H groups in total. The monoisotopic (exact) mass is 143 g/mol. The first kappa shape index (κ1) is 8.02. The Hall–Kier alpha value is -0.0800. The standard InChI is InChI=1S/C8H17NO/c1-8(2,3)4-7-5-9-6-10-7/h7,9H,4-6H2,1-3H3. The summed E-state index contributed by atoms with van der Waals surface area (Å²) in [6.07, 6.45) is 1.60. The van der Waals surface area contributed by atoms with Gasteiger partial charge in [-0.3, -0.25) is 5.32 Å². The van der Waals surface area contributed by atoms with Crippen LogP contribution in [0, 0.1) is 5.41 Å². The highest BCUT2D eigenvalue weighted by Crippen LogP contribution is 2.22. The molecule has 1 saturated heterocycles. The molecule has 1 atom stereocenters. The van der Waals surface area contributed by atoms with Crippen LogP contribution < -0.4 is 5.32 Å². The summed E-state index contributed by atoms with van der Waals surface area (Å²) < 4.78 is 5.42. The molecule has 0 aliphatic carbocycles. The predicted molar refractivity (Wildman–Crippen MR) is 41.8 cm³/mol. The maximum atomic E-state index is 5.42. The molecular weight excluding hydrogens is 126 g/mol. The first-order valence-corrected chi connectivity index (χ1v) is 3.90. The van der Waals surface area contributed by atoms with Gasteiger partial charge in [-0.25, -0.2) is 0 Å². The Bertz CT molecular complexity index is 100. The number of ether oxygens (including phenoxy) is 1. The van der Waals surface area contributed by atoms with E-state index in [0.717, 1.165) is 19.7 Å². The van der Waals surface area contributed by atoms with Gasteiger partial charge in [0.15, 0.2) is 0 Å². The van der Waals surface area contributed by atoms with E-state index in [1.165, 1.54) is 0 Å². The van der Waals surface area contributed by atoms with Gasteiger partial charge < -0.3 is 4.74 Å². The second-order valence-corrected chi connectivity index (χ2v) is 4.15. The van der Waals surface area contributed by atoms with Crippen molar-refractivity contribution < 1.29 is 4.74 Å². The summed E-state index contributed by atoms with van der Waals surface area (Å²) in [4.78, 5) is 0. The Morgan fingerprint density at radius 3 is 2.60 bits per heavy atom. The molecule has 0 spiro atoms. The minimum absolute atomic E-state index is 0.399. The highest BCUT2D eigenvalue weighted by Gasteiger charge is 2.21. The zero-order valence-corrected chi connectivity index (χ0v) is 7.11. The largest absolute Gasteiger partial charge is 0.362 e. The van der Waals surface area contributed by atoms with E-state index in [1.807, 2.05) is 0 Å². The molecule has 0 aromatic carbocycles. The van der Waals surface area contributed by atoms with Crippen molar-refractivity contribution in [2.75, 3.05) is 13.3 Å². The lowest BCUT2D eigenvalue weighted by atomic mass is 9.89. The topological polar surface area (TPSA) is 21.3 Å². The molecule has 1 rings (SSSR count). The molecule has 0 bridgehead atoms. The van der Waals surface area contributed by atoms with E-state index in [-0.39, 0.29) is 0 Å². The maximum absolute atomic E-state index is 5.42. The molecule has 1 fully saturated rings. The van der Waals surface area contributed by atoms with Crippen LogP contribution in [-0.2, 0) is 4.74 Å². The molecule has 0 saturated carbocycles. The number of rotatable bonds is 1. The minimum Gasteiger partial charge on any atom is -0.362 e. The number of hydrogen-bond acceptors (Lipinski definition) is 2. The van der Waals surface area contributed by atoms with Crippen molar-refractivity contribution in [3.05, 3.63) is 0 Å². The molecule has 0 amide bonds. The zero-order valence-electron chi connectivity index (χ0n) is 7.11. The lowest BCUT2D eigenvalue weighted by Crippen LogP contribution is -2.21. The fourth-order valence-electron chi connectivity index (χ4n) is 1.27. The molecule has 60 valence electrons. The predicted octanol–water partition coefficient (Wildman–Crippen LogP) is 1.37. The lowest BCUT2D eigenvalue weighted by molar-refractivity contribution is 0.0799. The first-order valence-electron chi connectivity index (χ1n) is 3.90. The highest BCUT2D eigenvalue weighted by atomic mass is 16.5. The number of hydrogen-bond donors (Lipinski definition) is 1. The van der Waals surface area contributed by atoms with Crippen LogP contribution in [0.15, 0.2) is 0 Å². The normalized spacial score (nSPS) is 27.3. The van der Waals surface area contributed by atoms with Gasteiger partial charge in [0.05, 0.1) is 12.8 Å². The fourth-order valence-corrected chi connectivity index (χ4v) is 1.27. The summed E-state index contributed by atoms with van der Waals surface area (Å²) in [7, 11) is 0. The van der Waals surface area contributed by atoms with E-state index >= 15 is 0 Å². The van der Waals surface area contributed by atoms with Crippen molar-refractivity contribution in [2.45, 2.75) is 33.3 Å². The Morgan fingerprint density at radius 1 is 1.50 bits per heavy atom. The molecule has 0 aromatic heterocycles. The van der Waals surface area contributed by atoms with Crippen molar-refractivity contribution in [3.63, 3.8) is 0 Å². The molecule has 0 aromatic rings. The summed E-state index contributed by atoms with van der Waals surface area (Å²) in [5.41, 5.74) is 0.399. The van der Waals surface area contributed by atoms with Crippen LogP contribution in [0.2, 0.25) is 0 Å². The second kappa shape index (κ2) is 2.89. The second-order valence-electron chi connectivity index (χ2n) is 4.15. The van der Waals surface area contributed by atoms with Crippen molar-refractivity contribution in [1.82, 2.24) is 5.32 Å². The van der Waals surface area contributed by atoms with Gasteiger partial charge in [0.25, 0.3) is 0 Å². The molecule has 1 aliphatic rings. The van der Waals surface area contributed by atoms with Gasteiger partial charge >= 0.3 is 0 Å². The molecule has 1 unspecified atom stereocenters. The van der Waals surface area contributed by atoms with Crippen LogP contribution in [0.3, 0.4) is 0 Å². The highest BCUT2D eigenvalue weighted by molar-refractivity contribution is 4.73. The Kier molecular flexibility index (Phi) is 2.32. The SMILES string of the molecule is CC(C)(C)CC1CNCO1. The van der Waals surface area contributed by atoms with Crippen molar-refractivity contribution in [1.29, 1.82) is 0 Å². The molecule has 2 nitrogen and oxygen atoms in total. The van der Waals surface area contributed by atoms with E-state index in [4.69, 9.17) is 4.74 Å². The zero-order chi connectivity index (χ0) is 7.61. The fraction of sp³-hybridized carbons (Fsp3) is 1.00. The molecule has 1 heterocycles. The van der Waals surface area contributed by atoms with Gasteiger partial charge in [-0.2, -0.15) is 0 Å². The summed E-state index contributed by atoms with van der Waals surface area (Å²) in [6, 6.07) is 0. The summed E-state index contributed by atoms with van der Waals surface area (Å²) in [6.45, 7) is 8.50. The first-order chi connectivity index (χ1) is 4.58. The van der Waals surface area contributed by atoms with Gasteiger partial charge in [0.2, 0.25) is 0 Å². The summed E-state index contributed by atoms with van der Waals surface area (Å²) in [5.74, 6) is 0.